The number of hydrogen-bond donors (Lipinski definition) is 1. The van der Waals surface area contributed by atoms with Gasteiger partial charge in [-0.05, 0) is 31.1 Å². The molecule has 2 unspecified atom stereocenters. The minimum absolute atomic E-state index is 0.491. The molecule has 0 saturated heterocycles. The standard InChI is InChI=1S/C16H27N3O/c1-4-11-20-15-9-10-17-16(19-15)18-14-8-6-5-7-13(14)12(2)3/h9-10,12-14H,4-8,11H2,1-3H3,(H,17,18,19). The van der Waals surface area contributed by atoms with Crippen molar-refractivity contribution in [3.63, 3.8) is 0 Å². The fourth-order valence-corrected chi connectivity index (χ4v) is 3.00. The lowest BCUT2D eigenvalue weighted by atomic mass is 9.78. The summed E-state index contributed by atoms with van der Waals surface area (Å²) in [5.41, 5.74) is 0. The van der Waals surface area contributed by atoms with Crippen LogP contribution in [0.3, 0.4) is 0 Å². The molecule has 0 spiro atoms. The van der Waals surface area contributed by atoms with Crippen molar-refractivity contribution in [2.45, 2.75) is 58.9 Å². The molecule has 1 fully saturated rings. The minimum atomic E-state index is 0.491. The molecule has 2 atom stereocenters. The Kier molecular flexibility index (Phi) is 5.62. The van der Waals surface area contributed by atoms with Crippen LogP contribution in [0.5, 0.6) is 5.88 Å². The molecule has 4 heteroatoms. The molecule has 1 heterocycles. The first-order valence-corrected chi connectivity index (χ1v) is 7.93. The summed E-state index contributed by atoms with van der Waals surface area (Å²) < 4.78 is 5.57. The third-order valence-corrected chi connectivity index (χ3v) is 4.07. The molecule has 2 rings (SSSR count). The largest absolute Gasteiger partial charge is 0.478 e. The van der Waals surface area contributed by atoms with Crippen LogP contribution >= 0.6 is 0 Å². The van der Waals surface area contributed by atoms with Gasteiger partial charge in [0.15, 0.2) is 0 Å². The van der Waals surface area contributed by atoms with Gasteiger partial charge in [-0.15, -0.1) is 0 Å². The monoisotopic (exact) mass is 277 g/mol. The number of nitrogens with zero attached hydrogens (tertiary/aromatic N) is 2. The van der Waals surface area contributed by atoms with E-state index in [0.717, 1.165) is 6.42 Å². The Balaban J connectivity index is 2.00. The van der Waals surface area contributed by atoms with Gasteiger partial charge >= 0.3 is 0 Å². The summed E-state index contributed by atoms with van der Waals surface area (Å²) >= 11 is 0. The van der Waals surface area contributed by atoms with Crippen molar-refractivity contribution in [2.24, 2.45) is 11.8 Å². The van der Waals surface area contributed by atoms with E-state index in [1.165, 1.54) is 25.7 Å². The van der Waals surface area contributed by atoms with Crippen LogP contribution in [0.2, 0.25) is 0 Å². The summed E-state index contributed by atoms with van der Waals surface area (Å²) in [6, 6.07) is 2.31. The number of rotatable bonds is 6. The SMILES string of the molecule is CCCOc1ccnc(NC2CCCCC2C(C)C)n1. The van der Waals surface area contributed by atoms with Crippen LogP contribution in [-0.2, 0) is 0 Å². The van der Waals surface area contributed by atoms with Crippen LogP contribution < -0.4 is 10.1 Å². The zero-order valence-electron chi connectivity index (χ0n) is 12.9. The normalized spacial score (nSPS) is 22.8. The fraction of sp³-hybridized carbons (Fsp3) is 0.750. The highest BCUT2D eigenvalue weighted by molar-refractivity contribution is 5.29. The summed E-state index contributed by atoms with van der Waals surface area (Å²) in [6.07, 6.45) is 7.93. The molecule has 1 aliphatic carbocycles. The predicted octanol–water partition coefficient (Wildman–Crippen LogP) is 3.89. The number of nitrogens with one attached hydrogen (secondary N) is 1. The highest BCUT2D eigenvalue weighted by Gasteiger charge is 2.27. The first-order chi connectivity index (χ1) is 9.70. The fourth-order valence-electron chi connectivity index (χ4n) is 3.00. The van der Waals surface area contributed by atoms with Crippen molar-refractivity contribution in [3.8, 4) is 5.88 Å². The summed E-state index contributed by atoms with van der Waals surface area (Å²) in [6.45, 7) is 7.42. The molecule has 4 nitrogen and oxygen atoms in total. The van der Waals surface area contributed by atoms with Crippen LogP contribution in [0.4, 0.5) is 5.95 Å². The molecule has 0 amide bonds. The Bertz CT molecular complexity index is 408. The number of anilines is 1. The Labute approximate surface area is 122 Å². The van der Waals surface area contributed by atoms with Gasteiger partial charge < -0.3 is 10.1 Å². The summed E-state index contributed by atoms with van der Waals surface area (Å²) in [5.74, 6) is 2.79. The second-order valence-corrected chi connectivity index (χ2v) is 6.01. The lowest BCUT2D eigenvalue weighted by Gasteiger charge is -2.34. The quantitative estimate of drug-likeness (QED) is 0.857. The van der Waals surface area contributed by atoms with Gasteiger partial charge in [-0.2, -0.15) is 4.98 Å². The van der Waals surface area contributed by atoms with Crippen molar-refractivity contribution in [1.82, 2.24) is 9.97 Å². The average Bonchev–Trinajstić information content (AvgIpc) is 2.46. The molecule has 20 heavy (non-hydrogen) atoms. The third kappa shape index (κ3) is 4.09. The van der Waals surface area contributed by atoms with E-state index in [9.17, 15) is 0 Å². The second kappa shape index (κ2) is 7.46. The summed E-state index contributed by atoms with van der Waals surface area (Å²) in [5, 5.41) is 3.53. The average molecular weight is 277 g/mol. The number of aromatic nitrogens is 2. The van der Waals surface area contributed by atoms with E-state index in [4.69, 9.17) is 4.74 Å². The van der Waals surface area contributed by atoms with Crippen LogP contribution in [0, 0.1) is 11.8 Å². The molecule has 1 saturated carbocycles. The van der Waals surface area contributed by atoms with E-state index in [2.05, 4.69) is 36.1 Å². The van der Waals surface area contributed by atoms with E-state index in [1.54, 1.807) is 6.20 Å². The Morgan fingerprint density at radius 2 is 2.15 bits per heavy atom. The van der Waals surface area contributed by atoms with Gasteiger partial charge in [-0.1, -0.05) is 33.6 Å². The van der Waals surface area contributed by atoms with Crippen molar-refractivity contribution < 1.29 is 4.74 Å². The maximum atomic E-state index is 5.57. The number of hydrogen-bond acceptors (Lipinski definition) is 4. The van der Waals surface area contributed by atoms with Crippen LogP contribution in [-0.4, -0.2) is 22.6 Å². The molecule has 0 aromatic carbocycles. The number of ether oxygens (including phenoxy) is 1. The second-order valence-electron chi connectivity index (χ2n) is 6.01. The molecule has 0 radical (unpaired) electrons. The molecule has 1 aromatic heterocycles. The zero-order chi connectivity index (χ0) is 14.4. The van der Waals surface area contributed by atoms with Crippen LogP contribution in [0.25, 0.3) is 0 Å². The summed E-state index contributed by atoms with van der Waals surface area (Å²) in [4.78, 5) is 8.79. The van der Waals surface area contributed by atoms with E-state index >= 15 is 0 Å². The maximum absolute atomic E-state index is 5.57. The Morgan fingerprint density at radius 3 is 2.90 bits per heavy atom. The molecule has 1 N–H and O–H groups in total. The van der Waals surface area contributed by atoms with Crippen LogP contribution in [0.1, 0.15) is 52.9 Å². The molecule has 112 valence electrons. The van der Waals surface area contributed by atoms with E-state index in [1.807, 2.05) is 6.07 Å². The smallest absolute Gasteiger partial charge is 0.226 e. The third-order valence-electron chi connectivity index (χ3n) is 4.07. The van der Waals surface area contributed by atoms with Gasteiger partial charge in [0.2, 0.25) is 11.8 Å². The van der Waals surface area contributed by atoms with Crippen molar-refractivity contribution in [2.75, 3.05) is 11.9 Å². The molecule has 1 aliphatic rings. The lowest BCUT2D eigenvalue weighted by Crippen LogP contribution is -2.35. The van der Waals surface area contributed by atoms with Gasteiger partial charge in [-0.25, -0.2) is 4.98 Å². The van der Waals surface area contributed by atoms with Gasteiger partial charge in [0, 0.05) is 18.3 Å². The van der Waals surface area contributed by atoms with E-state index in [0.29, 0.717) is 36.3 Å². The minimum Gasteiger partial charge on any atom is -0.478 e. The topological polar surface area (TPSA) is 47.0 Å². The van der Waals surface area contributed by atoms with Gasteiger partial charge in [0.25, 0.3) is 0 Å². The molecule has 0 bridgehead atoms. The van der Waals surface area contributed by atoms with Gasteiger partial charge in [-0.3, -0.25) is 0 Å². The molecular weight excluding hydrogens is 250 g/mol. The Hall–Kier alpha value is -1.32. The molecular formula is C16H27N3O. The maximum Gasteiger partial charge on any atom is 0.226 e. The van der Waals surface area contributed by atoms with Crippen LogP contribution in [0.15, 0.2) is 12.3 Å². The first-order valence-electron chi connectivity index (χ1n) is 7.93. The Morgan fingerprint density at radius 1 is 1.35 bits per heavy atom. The molecule has 0 aliphatic heterocycles. The zero-order valence-corrected chi connectivity index (χ0v) is 12.9. The highest BCUT2D eigenvalue weighted by atomic mass is 16.5. The van der Waals surface area contributed by atoms with Gasteiger partial charge in [0.05, 0.1) is 6.61 Å². The van der Waals surface area contributed by atoms with Crippen molar-refractivity contribution >= 4 is 5.95 Å². The molecule has 1 aromatic rings. The summed E-state index contributed by atoms with van der Waals surface area (Å²) in [7, 11) is 0. The predicted molar refractivity (Wildman–Crippen MR) is 82.0 cm³/mol. The van der Waals surface area contributed by atoms with E-state index < -0.39 is 0 Å². The van der Waals surface area contributed by atoms with Gasteiger partial charge in [0.1, 0.15) is 0 Å². The first kappa shape index (κ1) is 15.1. The van der Waals surface area contributed by atoms with Crippen molar-refractivity contribution in [1.29, 1.82) is 0 Å². The highest BCUT2D eigenvalue weighted by Crippen LogP contribution is 2.31. The van der Waals surface area contributed by atoms with Crippen molar-refractivity contribution in [3.05, 3.63) is 12.3 Å². The lowest BCUT2D eigenvalue weighted by molar-refractivity contribution is 0.252. The van der Waals surface area contributed by atoms with E-state index in [-0.39, 0.29) is 0 Å².